The maximum absolute atomic E-state index is 12.7. The second-order valence-corrected chi connectivity index (χ2v) is 6.11. The highest BCUT2D eigenvalue weighted by Crippen LogP contribution is 2.29. The van der Waals surface area contributed by atoms with E-state index in [1.807, 2.05) is 48.5 Å². The molecule has 0 fully saturated rings. The molecule has 0 aliphatic carbocycles. The van der Waals surface area contributed by atoms with E-state index in [0.717, 1.165) is 16.6 Å². The third-order valence-corrected chi connectivity index (χ3v) is 4.50. The zero-order valence-electron chi connectivity index (χ0n) is 13.7. The van der Waals surface area contributed by atoms with Crippen molar-refractivity contribution in [3.05, 3.63) is 65.9 Å². The minimum atomic E-state index is -0.0878. The number of benzene rings is 2. The monoisotopic (exact) mass is 342 g/mol. The standard InChI is InChI=1S/C19H14N6O/c20-17-16(18-22-13-7-3-4-8-14(13)23-18)24-15(9-21-17)25-10-11-5-1-2-6-12(11)19(25)26/h1-9H,10H2,(H2,20,21)(H,22,23). The van der Waals surface area contributed by atoms with Gasteiger partial charge >= 0.3 is 0 Å². The van der Waals surface area contributed by atoms with Gasteiger partial charge in [-0.05, 0) is 23.8 Å². The molecule has 2 aromatic carbocycles. The Balaban J connectivity index is 1.59. The lowest BCUT2D eigenvalue weighted by Crippen LogP contribution is -2.24. The number of aromatic amines is 1. The number of nitrogen functional groups attached to an aromatic ring is 1. The van der Waals surface area contributed by atoms with Gasteiger partial charge in [0.2, 0.25) is 0 Å². The first kappa shape index (κ1) is 14.6. The lowest BCUT2D eigenvalue weighted by atomic mass is 10.1. The first-order chi connectivity index (χ1) is 12.7. The Labute approximate surface area is 148 Å². The molecule has 0 atom stereocenters. The van der Waals surface area contributed by atoms with Gasteiger partial charge in [-0.15, -0.1) is 0 Å². The summed E-state index contributed by atoms with van der Waals surface area (Å²) in [5.41, 5.74) is 9.83. The van der Waals surface area contributed by atoms with Gasteiger partial charge in [0.1, 0.15) is 0 Å². The molecule has 7 nitrogen and oxygen atoms in total. The van der Waals surface area contributed by atoms with Crippen molar-refractivity contribution in [2.75, 3.05) is 10.6 Å². The summed E-state index contributed by atoms with van der Waals surface area (Å²) in [6.45, 7) is 0.465. The minimum Gasteiger partial charge on any atom is -0.382 e. The van der Waals surface area contributed by atoms with Crippen LogP contribution in [0.4, 0.5) is 11.6 Å². The Bertz CT molecular complexity index is 1130. The summed E-state index contributed by atoms with van der Waals surface area (Å²) in [4.78, 5) is 30.8. The zero-order chi connectivity index (χ0) is 17.7. The van der Waals surface area contributed by atoms with Crippen LogP contribution in [0.3, 0.4) is 0 Å². The summed E-state index contributed by atoms with van der Waals surface area (Å²) in [5.74, 6) is 1.16. The quantitative estimate of drug-likeness (QED) is 0.583. The van der Waals surface area contributed by atoms with E-state index >= 15 is 0 Å². The number of hydrogen-bond donors (Lipinski definition) is 2. The molecular weight excluding hydrogens is 328 g/mol. The molecule has 0 saturated heterocycles. The molecule has 0 spiro atoms. The molecule has 3 heterocycles. The average Bonchev–Trinajstić information content (AvgIpc) is 3.24. The first-order valence-electron chi connectivity index (χ1n) is 8.18. The fraction of sp³-hybridized carbons (Fsp3) is 0.0526. The summed E-state index contributed by atoms with van der Waals surface area (Å²) >= 11 is 0. The number of nitrogens with two attached hydrogens (primary N) is 1. The maximum atomic E-state index is 12.7. The molecule has 1 aliphatic heterocycles. The number of para-hydroxylation sites is 2. The van der Waals surface area contributed by atoms with E-state index in [2.05, 4.69) is 19.9 Å². The minimum absolute atomic E-state index is 0.0878. The van der Waals surface area contributed by atoms with Gasteiger partial charge in [-0.2, -0.15) is 0 Å². The van der Waals surface area contributed by atoms with Crippen LogP contribution in [0.1, 0.15) is 15.9 Å². The number of H-pyrrole nitrogens is 1. The predicted molar refractivity (Wildman–Crippen MR) is 98.5 cm³/mol. The van der Waals surface area contributed by atoms with E-state index in [9.17, 15) is 4.79 Å². The zero-order valence-corrected chi connectivity index (χ0v) is 13.7. The summed E-state index contributed by atoms with van der Waals surface area (Å²) in [6.07, 6.45) is 1.52. The van der Waals surface area contributed by atoms with E-state index in [-0.39, 0.29) is 11.7 Å². The van der Waals surface area contributed by atoms with E-state index in [4.69, 9.17) is 5.73 Å². The van der Waals surface area contributed by atoms with Crippen LogP contribution < -0.4 is 10.6 Å². The molecule has 3 N–H and O–H groups in total. The molecule has 1 aliphatic rings. The molecular formula is C19H14N6O. The molecule has 126 valence electrons. The highest BCUT2D eigenvalue weighted by Gasteiger charge is 2.29. The number of nitrogens with one attached hydrogen (secondary N) is 1. The number of anilines is 2. The molecule has 1 amide bonds. The topological polar surface area (TPSA) is 101 Å². The van der Waals surface area contributed by atoms with Crippen LogP contribution in [-0.2, 0) is 6.54 Å². The fourth-order valence-electron chi connectivity index (χ4n) is 3.20. The molecule has 4 aromatic rings. The summed E-state index contributed by atoms with van der Waals surface area (Å²) < 4.78 is 0. The number of nitrogens with zero attached hydrogens (tertiary/aromatic N) is 4. The summed E-state index contributed by atoms with van der Waals surface area (Å²) in [7, 11) is 0. The number of carbonyl (C=O) groups is 1. The Morgan fingerprint density at radius 1 is 1.04 bits per heavy atom. The van der Waals surface area contributed by atoms with Crippen molar-refractivity contribution in [2.24, 2.45) is 0 Å². The van der Waals surface area contributed by atoms with Gasteiger partial charge in [0.25, 0.3) is 5.91 Å². The fourth-order valence-corrected chi connectivity index (χ4v) is 3.20. The van der Waals surface area contributed by atoms with Crippen LogP contribution in [0.5, 0.6) is 0 Å². The number of rotatable bonds is 2. The third kappa shape index (κ3) is 2.14. The van der Waals surface area contributed by atoms with Gasteiger partial charge < -0.3 is 10.7 Å². The van der Waals surface area contributed by atoms with E-state index in [1.165, 1.54) is 6.20 Å². The maximum Gasteiger partial charge on any atom is 0.260 e. The number of aromatic nitrogens is 4. The molecule has 5 rings (SSSR count). The molecule has 7 heteroatoms. The van der Waals surface area contributed by atoms with Crippen molar-refractivity contribution in [3.8, 4) is 11.5 Å². The summed E-state index contributed by atoms with van der Waals surface area (Å²) in [6, 6.07) is 15.2. The number of fused-ring (bicyclic) bond motifs is 2. The van der Waals surface area contributed by atoms with E-state index in [0.29, 0.717) is 29.4 Å². The molecule has 2 aromatic heterocycles. The number of amides is 1. The van der Waals surface area contributed by atoms with Gasteiger partial charge in [-0.3, -0.25) is 9.69 Å². The van der Waals surface area contributed by atoms with Gasteiger partial charge in [-0.1, -0.05) is 30.3 Å². The van der Waals surface area contributed by atoms with Crippen molar-refractivity contribution in [2.45, 2.75) is 6.54 Å². The van der Waals surface area contributed by atoms with Crippen LogP contribution >= 0.6 is 0 Å². The van der Waals surface area contributed by atoms with Crippen LogP contribution in [0.25, 0.3) is 22.6 Å². The van der Waals surface area contributed by atoms with Gasteiger partial charge in [0, 0.05) is 5.56 Å². The van der Waals surface area contributed by atoms with Crippen molar-refractivity contribution in [1.29, 1.82) is 0 Å². The SMILES string of the molecule is Nc1ncc(N2Cc3ccccc3C2=O)nc1-c1nc2ccccc2[nH]1. The number of carbonyl (C=O) groups excluding carboxylic acids is 1. The molecule has 26 heavy (non-hydrogen) atoms. The van der Waals surface area contributed by atoms with Crippen molar-refractivity contribution in [3.63, 3.8) is 0 Å². The second-order valence-electron chi connectivity index (χ2n) is 6.11. The van der Waals surface area contributed by atoms with E-state index in [1.54, 1.807) is 4.90 Å². The van der Waals surface area contributed by atoms with Crippen LogP contribution in [0, 0.1) is 0 Å². The van der Waals surface area contributed by atoms with Crippen LogP contribution in [0.2, 0.25) is 0 Å². The predicted octanol–water partition coefficient (Wildman–Crippen LogP) is 2.76. The van der Waals surface area contributed by atoms with Crippen molar-refractivity contribution < 1.29 is 4.79 Å². The lowest BCUT2D eigenvalue weighted by Gasteiger charge is -2.15. The normalized spacial score (nSPS) is 13.4. The van der Waals surface area contributed by atoms with Gasteiger partial charge in [-0.25, -0.2) is 15.0 Å². The van der Waals surface area contributed by atoms with E-state index < -0.39 is 0 Å². The first-order valence-corrected chi connectivity index (χ1v) is 8.18. The van der Waals surface area contributed by atoms with Crippen LogP contribution in [-0.4, -0.2) is 25.8 Å². The smallest absolute Gasteiger partial charge is 0.260 e. The molecule has 0 bridgehead atoms. The number of imidazole rings is 1. The summed E-state index contributed by atoms with van der Waals surface area (Å²) in [5, 5.41) is 0. The Morgan fingerprint density at radius 3 is 2.69 bits per heavy atom. The molecule has 0 saturated carbocycles. The van der Waals surface area contributed by atoms with Crippen LogP contribution in [0.15, 0.2) is 54.7 Å². The van der Waals surface area contributed by atoms with Gasteiger partial charge in [0.05, 0.1) is 23.8 Å². The highest BCUT2D eigenvalue weighted by molar-refractivity contribution is 6.09. The molecule has 0 radical (unpaired) electrons. The largest absolute Gasteiger partial charge is 0.382 e. The average molecular weight is 342 g/mol. The Kier molecular flexibility index (Phi) is 3.02. The third-order valence-electron chi connectivity index (χ3n) is 4.50. The Hall–Kier alpha value is -3.74. The molecule has 0 unspecified atom stereocenters. The number of hydrogen-bond acceptors (Lipinski definition) is 5. The van der Waals surface area contributed by atoms with Crippen molar-refractivity contribution in [1.82, 2.24) is 19.9 Å². The highest BCUT2D eigenvalue weighted by atomic mass is 16.2. The van der Waals surface area contributed by atoms with Gasteiger partial charge in [0.15, 0.2) is 23.2 Å². The van der Waals surface area contributed by atoms with Crippen molar-refractivity contribution >= 4 is 28.6 Å². The second kappa shape index (κ2) is 5.38. The lowest BCUT2D eigenvalue weighted by molar-refractivity contribution is 0.0996. The Morgan fingerprint density at radius 2 is 1.85 bits per heavy atom.